The van der Waals surface area contributed by atoms with E-state index in [9.17, 15) is 4.79 Å². The van der Waals surface area contributed by atoms with E-state index >= 15 is 0 Å². The number of fused-ring (bicyclic) bond motifs is 1. The van der Waals surface area contributed by atoms with Gasteiger partial charge in [-0.25, -0.2) is 0 Å². The molecule has 2 aromatic rings. The quantitative estimate of drug-likeness (QED) is 0.837. The summed E-state index contributed by atoms with van der Waals surface area (Å²) in [5, 5.41) is 0. The summed E-state index contributed by atoms with van der Waals surface area (Å²) in [6.45, 7) is 0.750. The smallest absolute Gasteiger partial charge is 0.227 e. The van der Waals surface area contributed by atoms with E-state index < -0.39 is 0 Å². The number of carbonyl (C=O) groups is 1. The molecule has 0 spiro atoms. The zero-order chi connectivity index (χ0) is 17.4. The van der Waals surface area contributed by atoms with Crippen LogP contribution in [0.15, 0.2) is 35.1 Å². The lowest BCUT2D eigenvalue weighted by atomic mass is 9.88. The third-order valence-electron chi connectivity index (χ3n) is 5.25. The van der Waals surface area contributed by atoms with Crippen LogP contribution in [0, 0.1) is 5.92 Å². The normalized spacial score (nSPS) is 19.4. The van der Waals surface area contributed by atoms with Crippen molar-refractivity contribution >= 4 is 5.91 Å². The van der Waals surface area contributed by atoms with E-state index in [1.165, 1.54) is 24.0 Å². The standard InChI is InChI=1S/C20H23NO4/c1-23-17-10-15-5-7-21(19(22)9-13-6-8-25-12-13)20(14-3-4-14)16(15)11-18(17)24-2/h6,8,10-12,14,20H,3-5,7,9H2,1-2H3. The number of rotatable bonds is 5. The Morgan fingerprint density at radius 3 is 2.64 bits per heavy atom. The molecule has 1 unspecified atom stereocenters. The first-order chi connectivity index (χ1) is 12.2. The lowest BCUT2D eigenvalue weighted by Crippen LogP contribution is -2.41. The van der Waals surface area contributed by atoms with Crippen LogP contribution in [0.4, 0.5) is 0 Å². The molecule has 1 aliphatic carbocycles. The van der Waals surface area contributed by atoms with Crippen molar-refractivity contribution in [2.45, 2.75) is 31.7 Å². The second-order valence-electron chi connectivity index (χ2n) is 6.83. The molecule has 1 aromatic carbocycles. The second-order valence-corrected chi connectivity index (χ2v) is 6.83. The summed E-state index contributed by atoms with van der Waals surface area (Å²) >= 11 is 0. The summed E-state index contributed by atoms with van der Waals surface area (Å²) in [5.41, 5.74) is 3.41. The molecule has 2 heterocycles. The zero-order valence-electron chi connectivity index (χ0n) is 14.7. The summed E-state index contributed by atoms with van der Waals surface area (Å²) in [6.07, 6.45) is 6.85. The van der Waals surface area contributed by atoms with Gasteiger partial charge in [0.1, 0.15) is 0 Å². The fourth-order valence-electron chi connectivity index (χ4n) is 3.85. The van der Waals surface area contributed by atoms with Crippen LogP contribution in [0.5, 0.6) is 11.5 Å². The molecule has 4 rings (SSSR count). The molecule has 5 nitrogen and oxygen atoms in total. The van der Waals surface area contributed by atoms with E-state index in [0.29, 0.717) is 12.3 Å². The van der Waals surface area contributed by atoms with Crippen molar-refractivity contribution < 1.29 is 18.7 Å². The molecule has 132 valence electrons. The Bertz CT molecular complexity index is 764. The molecule has 0 radical (unpaired) electrons. The fourth-order valence-corrected chi connectivity index (χ4v) is 3.85. The third kappa shape index (κ3) is 2.99. The first kappa shape index (κ1) is 16.1. The molecule has 0 saturated heterocycles. The van der Waals surface area contributed by atoms with Crippen molar-refractivity contribution in [3.63, 3.8) is 0 Å². The molecular weight excluding hydrogens is 318 g/mol. The van der Waals surface area contributed by atoms with Crippen LogP contribution in [0.25, 0.3) is 0 Å². The molecule has 0 N–H and O–H groups in total. The van der Waals surface area contributed by atoms with Crippen LogP contribution >= 0.6 is 0 Å². The van der Waals surface area contributed by atoms with Crippen LogP contribution in [-0.4, -0.2) is 31.6 Å². The van der Waals surface area contributed by atoms with Gasteiger partial charge >= 0.3 is 0 Å². The molecule has 1 fully saturated rings. The molecule has 1 aliphatic heterocycles. The zero-order valence-corrected chi connectivity index (χ0v) is 14.7. The van der Waals surface area contributed by atoms with Gasteiger partial charge in [0, 0.05) is 6.54 Å². The second kappa shape index (κ2) is 6.47. The Hall–Kier alpha value is -2.43. The number of ether oxygens (including phenoxy) is 2. The van der Waals surface area contributed by atoms with Gasteiger partial charge in [-0.1, -0.05) is 0 Å². The van der Waals surface area contributed by atoms with Crippen LogP contribution in [0.2, 0.25) is 0 Å². The number of nitrogens with zero attached hydrogens (tertiary/aromatic N) is 1. The highest BCUT2D eigenvalue weighted by Gasteiger charge is 2.41. The van der Waals surface area contributed by atoms with Crippen molar-refractivity contribution in [2.24, 2.45) is 5.92 Å². The minimum atomic E-state index is 0.142. The van der Waals surface area contributed by atoms with Crippen molar-refractivity contribution in [2.75, 3.05) is 20.8 Å². The van der Waals surface area contributed by atoms with Crippen LogP contribution in [0.1, 0.15) is 35.6 Å². The topological polar surface area (TPSA) is 51.9 Å². The maximum Gasteiger partial charge on any atom is 0.227 e. The average Bonchev–Trinajstić information content (AvgIpc) is 3.35. The van der Waals surface area contributed by atoms with Gasteiger partial charge in [0.15, 0.2) is 11.5 Å². The van der Waals surface area contributed by atoms with Crippen molar-refractivity contribution in [3.05, 3.63) is 47.4 Å². The van der Waals surface area contributed by atoms with Crippen molar-refractivity contribution in [3.8, 4) is 11.5 Å². The number of amides is 1. The van der Waals surface area contributed by atoms with E-state index in [-0.39, 0.29) is 11.9 Å². The Labute approximate surface area is 147 Å². The van der Waals surface area contributed by atoms with Crippen LogP contribution in [-0.2, 0) is 17.6 Å². The predicted octanol–water partition coefficient (Wildman–Crippen LogP) is 3.38. The molecular formula is C20H23NO4. The highest BCUT2D eigenvalue weighted by Crippen LogP contribution is 2.49. The van der Waals surface area contributed by atoms with Gasteiger partial charge in [-0.2, -0.15) is 0 Å². The van der Waals surface area contributed by atoms with Gasteiger partial charge in [0.05, 0.1) is 39.2 Å². The predicted molar refractivity (Wildman–Crippen MR) is 92.8 cm³/mol. The fraction of sp³-hybridized carbons (Fsp3) is 0.450. The highest BCUT2D eigenvalue weighted by molar-refractivity contribution is 5.79. The van der Waals surface area contributed by atoms with Crippen molar-refractivity contribution in [1.82, 2.24) is 4.90 Å². The average molecular weight is 341 g/mol. The van der Waals surface area contributed by atoms with Crippen LogP contribution in [0.3, 0.4) is 0 Å². The van der Waals surface area contributed by atoms with Crippen LogP contribution < -0.4 is 9.47 Å². The SMILES string of the molecule is COc1cc2c(cc1OC)C(C1CC1)N(C(=O)Cc1ccoc1)CC2. The molecule has 5 heteroatoms. The minimum absolute atomic E-state index is 0.142. The minimum Gasteiger partial charge on any atom is -0.493 e. The number of hydrogen-bond acceptors (Lipinski definition) is 4. The number of hydrogen-bond donors (Lipinski definition) is 0. The summed E-state index contributed by atoms with van der Waals surface area (Å²) in [6, 6.07) is 6.13. The Morgan fingerprint density at radius 1 is 1.24 bits per heavy atom. The number of carbonyl (C=O) groups excluding carboxylic acids is 1. The van der Waals surface area contributed by atoms with Gasteiger partial charge in [0.25, 0.3) is 0 Å². The van der Waals surface area contributed by atoms with Gasteiger partial charge in [-0.3, -0.25) is 4.79 Å². The van der Waals surface area contributed by atoms with E-state index in [4.69, 9.17) is 13.9 Å². The number of benzene rings is 1. The number of furan rings is 1. The lowest BCUT2D eigenvalue weighted by molar-refractivity contribution is -0.134. The first-order valence-corrected chi connectivity index (χ1v) is 8.76. The highest BCUT2D eigenvalue weighted by atomic mass is 16.5. The van der Waals surface area contributed by atoms with E-state index in [2.05, 4.69) is 17.0 Å². The molecule has 2 aliphatic rings. The Kier molecular flexibility index (Phi) is 4.15. The largest absolute Gasteiger partial charge is 0.493 e. The maximum atomic E-state index is 12.9. The molecule has 0 bridgehead atoms. The van der Waals surface area contributed by atoms with E-state index in [1.807, 2.05) is 6.07 Å². The maximum absolute atomic E-state index is 12.9. The molecule has 1 aromatic heterocycles. The van der Waals surface area contributed by atoms with Gasteiger partial charge in [-0.05, 0) is 60.1 Å². The summed E-state index contributed by atoms with van der Waals surface area (Å²) in [4.78, 5) is 15.0. The molecule has 1 saturated carbocycles. The third-order valence-corrected chi connectivity index (χ3v) is 5.25. The number of methoxy groups -OCH3 is 2. The summed E-state index contributed by atoms with van der Waals surface area (Å²) in [5.74, 6) is 2.20. The van der Waals surface area contributed by atoms with Gasteiger partial charge in [-0.15, -0.1) is 0 Å². The molecule has 1 atom stereocenters. The monoisotopic (exact) mass is 341 g/mol. The van der Waals surface area contributed by atoms with Crippen molar-refractivity contribution in [1.29, 1.82) is 0 Å². The molecule has 1 amide bonds. The molecule has 25 heavy (non-hydrogen) atoms. The summed E-state index contributed by atoms with van der Waals surface area (Å²) < 4.78 is 16.0. The van der Waals surface area contributed by atoms with Gasteiger partial charge < -0.3 is 18.8 Å². The van der Waals surface area contributed by atoms with E-state index in [1.54, 1.807) is 26.7 Å². The summed E-state index contributed by atoms with van der Waals surface area (Å²) in [7, 11) is 3.31. The Morgan fingerprint density at radius 2 is 2.00 bits per heavy atom. The van der Waals surface area contributed by atoms with E-state index in [0.717, 1.165) is 30.0 Å². The lowest BCUT2D eigenvalue weighted by Gasteiger charge is -2.38. The first-order valence-electron chi connectivity index (χ1n) is 8.76. The van der Waals surface area contributed by atoms with Gasteiger partial charge in [0.2, 0.25) is 5.91 Å². The Balaban J connectivity index is 1.66.